The molecule has 0 bridgehead atoms. The van der Waals surface area contributed by atoms with Gasteiger partial charge >= 0.3 is 11.9 Å². The summed E-state index contributed by atoms with van der Waals surface area (Å²) in [4.78, 5) is 35.5. The number of rotatable bonds is 11. The number of carbonyl (C=O) groups is 2. The van der Waals surface area contributed by atoms with Gasteiger partial charge in [-0.05, 0) is 61.1 Å². The molecule has 8 rings (SSSR count). The van der Waals surface area contributed by atoms with Gasteiger partial charge in [-0.1, -0.05) is 26.0 Å². The van der Waals surface area contributed by atoms with E-state index in [1.54, 1.807) is 24.3 Å². The molecule has 0 amide bonds. The molecule has 5 aliphatic rings. The molecule has 3 aromatic rings. The number of hydrogen-bond donors (Lipinski definition) is 6. The summed E-state index contributed by atoms with van der Waals surface area (Å²) in [5.41, 5.74) is 7.65. The van der Waals surface area contributed by atoms with E-state index < -0.39 is 73.5 Å². The molecular formula is C41H47NO16. The topological polar surface area (TPSA) is 244 Å². The minimum absolute atomic E-state index is 0.0165. The molecule has 0 saturated carbocycles. The average molecular weight is 810 g/mol. The maximum Gasteiger partial charge on any atom is 0.317 e. The van der Waals surface area contributed by atoms with Crippen LogP contribution in [0.25, 0.3) is 0 Å². The van der Waals surface area contributed by atoms with Gasteiger partial charge in [0.05, 0.1) is 19.1 Å². The highest BCUT2D eigenvalue weighted by molar-refractivity contribution is 5.90. The quantitative estimate of drug-likeness (QED) is 0.0926. The number of aliphatic hydroxyl groups excluding tert-OH is 3. The summed E-state index contributed by atoms with van der Waals surface area (Å²) in [6.45, 7) is 3.58. The van der Waals surface area contributed by atoms with Crippen LogP contribution in [0, 0.1) is 5.92 Å². The predicted octanol–water partition coefficient (Wildman–Crippen LogP) is 2.70. The van der Waals surface area contributed by atoms with Crippen molar-refractivity contribution in [2.75, 3.05) is 33.0 Å². The Morgan fingerprint density at radius 3 is 2.53 bits per heavy atom. The second-order valence-corrected chi connectivity index (χ2v) is 15.6. The molecule has 3 aromatic carbocycles. The predicted molar refractivity (Wildman–Crippen MR) is 198 cm³/mol. The van der Waals surface area contributed by atoms with Crippen molar-refractivity contribution >= 4 is 11.9 Å². The number of fused-ring (bicyclic) bond motifs is 7. The van der Waals surface area contributed by atoms with E-state index in [0.29, 0.717) is 52.7 Å². The molecular weight excluding hydrogens is 762 g/mol. The Labute approximate surface area is 332 Å². The molecule has 17 heteroatoms. The number of nitrogens with two attached hydrogens (primary N) is 1. The first-order valence-electron chi connectivity index (χ1n) is 19.4. The van der Waals surface area contributed by atoms with Crippen LogP contribution in [-0.4, -0.2) is 107 Å². The number of hydrogen-bond acceptors (Lipinski definition) is 16. The van der Waals surface area contributed by atoms with Crippen molar-refractivity contribution in [3.63, 3.8) is 0 Å². The molecule has 1 fully saturated rings. The van der Waals surface area contributed by atoms with Crippen molar-refractivity contribution in [1.29, 1.82) is 0 Å². The standard InChI is InChI=1S/C41H47NO16/c1-19(2)10-26-36-24(13-30-38(26)55-34(16-43)53-30)27-17-51-28-12-23-22(20-4-3-5-21(44)11-20)6-7-41(58-57-29(23)14-25(28)37(27)56-36)39(49)35(48)31(54-40(41)50-9-8-42)18-52-33(47)15-32(45)46/h3-5,11-14,19,22,27,31,34-35,37,39-40,43-44,48-49H,6-10,15-18,42H2,1-2H3,(H,45,46)/t22-,27+,31+,34+,35+,37+,39-,40+,41+/m0/s1. The number of phenols is 1. The largest absolute Gasteiger partial charge is 0.508 e. The van der Waals surface area contributed by atoms with Crippen molar-refractivity contribution < 1.29 is 78.1 Å². The number of aromatic hydroxyl groups is 1. The lowest BCUT2D eigenvalue weighted by atomic mass is 9.77. The summed E-state index contributed by atoms with van der Waals surface area (Å²) in [6, 6.07) is 12.3. The number of esters is 1. The van der Waals surface area contributed by atoms with Crippen LogP contribution in [0.3, 0.4) is 0 Å². The summed E-state index contributed by atoms with van der Waals surface area (Å²) < 4.78 is 42.3. The fraction of sp³-hybridized carbons (Fsp3) is 0.512. The highest BCUT2D eigenvalue weighted by atomic mass is 17.2. The number of aliphatic hydroxyl groups is 3. The van der Waals surface area contributed by atoms with Crippen LogP contribution in [0.5, 0.6) is 34.5 Å². The molecule has 0 aromatic heterocycles. The molecule has 312 valence electrons. The summed E-state index contributed by atoms with van der Waals surface area (Å²) in [5.74, 6) is -0.385. The van der Waals surface area contributed by atoms with E-state index >= 15 is 0 Å². The van der Waals surface area contributed by atoms with E-state index in [9.17, 15) is 30.0 Å². The third kappa shape index (κ3) is 7.25. The van der Waals surface area contributed by atoms with Crippen molar-refractivity contribution in [2.45, 2.75) is 94.0 Å². The first-order chi connectivity index (χ1) is 27.9. The van der Waals surface area contributed by atoms with E-state index in [1.165, 1.54) is 0 Å². The molecule has 5 heterocycles. The third-order valence-electron chi connectivity index (χ3n) is 11.2. The molecule has 0 radical (unpaired) electrons. The minimum Gasteiger partial charge on any atom is -0.508 e. The van der Waals surface area contributed by atoms with Gasteiger partial charge in [0.2, 0.25) is 0 Å². The molecule has 58 heavy (non-hydrogen) atoms. The van der Waals surface area contributed by atoms with Gasteiger partial charge in [-0.25, -0.2) is 0 Å². The molecule has 1 spiro atoms. The van der Waals surface area contributed by atoms with Crippen molar-refractivity contribution in [2.24, 2.45) is 11.7 Å². The normalized spacial score (nSPS) is 29.2. The number of carboxylic acid groups (broad SMARTS) is 1. The van der Waals surface area contributed by atoms with Crippen LogP contribution >= 0.6 is 0 Å². The number of carbonyl (C=O) groups excluding carboxylic acids is 1. The lowest BCUT2D eigenvalue weighted by Crippen LogP contribution is -2.69. The summed E-state index contributed by atoms with van der Waals surface area (Å²) >= 11 is 0. The zero-order valence-corrected chi connectivity index (χ0v) is 31.9. The highest BCUT2D eigenvalue weighted by Crippen LogP contribution is 2.59. The Kier molecular flexibility index (Phi) is 11.0. The number of benzene rings is 3. The second-order valence-electron chi connectivity index (χ2n) is 15.6. The fourth-order valence-corrected chi connectivity index (χ4v) is 8.55. The Balaban J connectivity index is 1.16. The number of carboxylic acids is 1. The van der Waals surface area contributed by atoms with Crippen LogP contribution < -0.4 is 29.6 Å². The monoisotopic (exact) mass is 809 g/mol. The fourth-order valence-electron chi connectivity index (χ4n) is 8.55. The van der Waals surface area contributed by atoms with Crippen LogP contribution in [-0.2, 0) is 35.1 Å². The van der Waals surface area contributed by atoms with Gasteiger partial charge in [-0.15, -0.1) is 0 Å². The van der Waals surface area contributed by atoms with E-state index in [1.807, 2.05) is 18.2 Å². The van der Waals surface area contributed by atoms with Gasteiger partial charge in [0.25, 0.3) is 6.29 Å². The molecule has 1 saturated heterocycles. The van der Waals surface area contributed by atoms with Crippen LogP contribution in [0.2, 0.25) is 0 Å². The van der Waals surface area contributed by atoms with Gasteiger partial charge in [0.15, 0.2) is 29.1 Å². The van der Waals surface area contributed by atoms with E-state index in [4.69, 9.17) is 53.8 Å². The molecule has 0 unspecified atom stereocenters. The van der Waals surface area contributed by atoms with Crippen LogP contribution in [0.15, 0.2) is 42.5 Å². The smallest absolute Gasteiger partial charge is 0.317 e. The summed E-state index contributed by atoms with van der Waals surface area (Å²) in [5, 5.41) is 52.6. The number of ether oxygens (including phenoxy) is 7. The first kappa shape index (κ1) is 39.9. The van der Waals surface area contributed by atoms with Crippen molar-refractivity contribution in [3.05, 3.63) is 70.3 Å². The lowest BCUT2D eigenvalue weighted by Gasteiger charge is -2.50. The molecule has 5 aliphatic heterocycles. The number of aliphatic carboxylic acids is 1. The van der Waals surface area contributed by atoms with Crippen molar-refractivity contribution in [3.8, 4) is 34.5 Å². The van der Waals surface area contributed by atoms with Crippen LogP contribution in [0.4, 0.5) is 0 Å². The zero-order chi connectivity index (χ0) is 40.9. The molecule has 0 aliphatic carbocycles. The SMILES string of the molecule is CC(C)Cc1c2c(cc3c1O[C@@H]1c4cc5c(cc4OC[C@H]31)[C@H](c1cccc(O)c1)CC[C@]1(OO5)[C@H](OCCN)O[C@H](COC(=O)CC(=O)O)[C@@H](O)[C@@H]1O)O[C@@H](CO)O2. The van der Waals surface area contributed by atoms with Gasteiger partial charge in [0.1, 0.15) is 61.3 Å². The van der Waals surface area contributed by atoms with E-state index in [2.05, 4.69) is 13.8 Å². The van der Waals surface area contributed by atoms with Gasteiger partial charge < -0.3 is 69.3 Å². The highest BCUT2D eigenvalue weighted by Gasteiger charge is 2.60. The first-order valence-corrected chi connectivity index (χ1v) is 19.4. The van der Waals surface area contributed by atoms with Gasteiger partial charge in [0, 0.05) is 34.7 Å². The molecule has 7 N–H and O–H groups in total. The molecule has 17 nitrogen and oxygen atoms in total. The van der Waals surface area contributed by atoms with Gasteiger partial charge in [-0.2, -0.15) is 4.89 Å². The van der Waals surface area contributed by atoms with E-state index in [0.717, 1.165) is 11.1 Å². The van der Waals surface area contributed by atoms with Gasteiger partial charge in [-0.3, -0.25) is 9.59 Å². The Bertz CT molecular complexity index is 2040. The lowest BCUT2D eigenvalue weighted by molar-refractivity contribution is -0.422. The maximum atomic E-state index is 12.0. The van der Waals surface area contributed by atoms with Crippen molar-refractivity contribution in [1.82, 2.24) is 0 Å². The Morgan fingerprint density at radius 1 is 1.00 bits per heavy atom. The summed E-state index contributed by atoms with van der Waals surface area (Å²) in [6.07, 6.45) is -7.58. The Hall–Kier alpha value is -4.88. The van der Waals surface area contributed by atoms with Crippen LogP contribution in [0.1, 0.15) is 78.9 Å². The maximum absolute atomic E-state index is 12.0. The Morgan fingerprint density at radius 2 is 1.79 bits per heavy atom. The second kappa shape index (κ2) is 16.1. The summed E-state index contributed by atoms with van der Waals surface area (Å²) in [7, 11) is 0. The number of phenolic OH excluding ortho intramolecular Hbond substituents is 1. The third-order valence-corrected chi connectivity index (χ3v) is 11.2. The molecule has 9 atom stereocenters. The van der Waals surface area contributed by atoms with E-state index in [-0.39, 0.29) is 55.9 Å². The average Bonchev–Trinajstić information content (AvgIpc) is 3.78. The minimum atomic E-state index is -1.88. The zero-order valence-electron chi connectivity index (χ0n) is 31.9.